The van der Waals surface area contributed by atoms with Crippen molar-refractivity contribution < 1.29 is 19.1 Å². The van der Waals surface area contributed by atoms with Gasteiger partial charge in [-0.1, -0.05) is 60.7 Å². The van der Waals surface area contributed by atoms with Gasteiger partial charge < -0.3 is 14.8 Å². The lowest BCUT2D eigenvalue weighted by molar-refractivity contribution is -0.146. The van der Waals surface area contributed by atoms with Crippen LogP contribution in [0.2, 0.25) is 0 Å². The molecule has 1 N–H and O–H groups in total. The summed E-state index contributed by atoms with van der Waals surface area (Å²) in [4.78, 5) is 24.7. The third kappa shape index (κ3) is 7.94. The number of nitrogens with one attached hydrogen (secondary N) is 1. The van der Waals surface area contributed by atoms with Gasteiger partial charge in [-0.3, -0.25) is 0 Å². The fraction of sp³-hybridized carbons (Fsp3) is 0.364. The van der Waals surface area contributed by atoms with Crippen LogP contribution in [0.4, 0.5) is 4.79 Å². The van der Waals surface area contributed by atoms with Crippen molar-refractivity contribution in [3.63, 3.8) is 0 Å². The van der Waals surface area contributed by atoms with Crippen LogP contribution in [0.5, 0.6) is 0 Å². The first-order chi connectivity index (χ1) is 12.8. The summed E-state index contributed by atoms with van der Waals surface area (Å²) in [5.74, 6) is -0.472. The fourth-order valence-corrected chi connectivity index (χ4v) is 2.51. The van der Waals surface area contributed by atoms with Gasteiger partial charge in [0.05, 0.1) is 6.61 Å². The van der Waals surface area contributed by atoms with Gasteiger partial charge in [-0.05, 0) is 31.9 Å². The second kappa shape index (κ2) is 9.76. The molecule has 0 fully saturated rings. The van der Waals surface area contributed by atoms with E-state index < -0.39 is 23.7 Å². The van der Waals surface area contributed by atoms with Crippen molar-refractivity contribution in [2.45, 2.75) is 45.3 Å². The monoisotopic (exact) mass is 369 g/mol. The first kappa shape index (κ1) is 20.5. The molecular formula is C22H27NO4. The van der Waals surface area contributed by atoms with Gasteiger partial charge >= 0.3 is 12.1 Å². The summed E-state index contributed by atoms with van der Waals surface area (Å²) in [5.41, 5.74) is 1.38. The Morgan fingerprint density at radius 1 is 0.926 bits per heavy atom. The molecular weight excluding hydrogens is 342 g/mol. The quantitative estimate of drug-likeness (QED) is 0.752. The van der Waals surface area contributed by atoms with Crippen molar-refractivity contribution in [3.05, 3.63) is 71.8 Å². The molecule has 0 aliphatic rings. The maximum atomic E-state index is 12.5. The molecule has 1 amide bonds. The van der Waals surface area contributed by atoms with Gasteiger partial charge in [-0.15, -0.1) is 0 Å². The van der Waals surface area contributed by atoms with Crippen LogP contribution in [-0.2, 0) is 27.1 Å². The van der Waals surface area contributed by atoms with Crippen molar-refractivity contribution in [2.24, 2.45) is 0 Å². The minimum atomic E-state index is -0.807. The second-order valence-electron chi connectivity index (χ2n) is 7.29. The molecule has 1 atom stereocenters. The van der Waals surface area contributed by atoms with E-state index in [0.717, 1.165) is 11.1 Å². The van der Waals surface area contributed by atoms with E-state index in [1.807, 2.05) is 60.7 Å². The molecule has 27 heavy (non-hydrogen) atoms. The Bertz CT molecular complexity index is 723. The van der Waals surface area contributed by atoms with Gasteiger partial charge in [0, 0.05) is 12.8 Å². The molecule has 2 rings (SSSR count). The van der Waals surface area contributed by atoms with E-state index in [4.69, 9.17) is 9.47 Å². The van der Waals surface area contributed by atoms with Gasteiger partial charge in [-0.25, -0.2) is 9.59 Å². The Balaban J connectivity index is 1.96. The number of alkyl carbamates (subject to hydrolysis) is 1. The van der Waals surface area contributed by atoms with E-state index in [2.05, 4.69) is 5.32 Å². The highest BCUT2D eigenvalue weighted by molar-refractivity contribution is 5.81. The average Bonchev–Trinajstić information content (AvgIpc) is 2.61. The van der Waals surface area contributed by atoms with Crippen LogP contribution in [0.15, 0.2) is 60.7 Å². The summed E-state index contributed by atoms with van der Waals surface area (Å²) >= 11 is 0. The SMILES string of the molecule is CC(C)(C)OC(=O)N[C@@H](Cc1ccccc1)C(=O)OCCc1ccccc1. The Kier molecular flexibility index (Phi) is 7.41. The Labute approximate surface area is 160 Å². The van der Waals surface area contributed by atoms with E-state index in [1.165, 1.54) is 0 Å². The number of ether oxygens (including phenoxy) is 2. The molecule has 0 radical (unpaired) electrons. The maximum Gasteiger partial charge on any atom is 0.408 e. The molecule has 0 aromatic heterocycles. The second-order valence-corrected chi connectivity index (χ2v) is 7.29. The molecule has 0 saturated carbocycles. The summed E-state index contributed by atoms with van der Waals surface area (Å²) in [6.07, 6.45) is 0.324. The lowest BCUT2D eigenvalue weighted by Gasteiger charge is -2.23. The summed E-state index contributed by atoms with van der Waals surface area (Å²) in [7, 11) is 0. The molecule has 5 heteroatoms. The van der Waals surface area contributed by atoms with E-state index in [0.29, 0.717) is 12.8 Å². The highest BCUT2D eigenvalue weighted by atomic mass is 16.6. The van der Waals surface area contributed by atoms with E-state index in [9.17, 15) is 9.59 Å². The maximum absolute atomic E-state index is 12.5. The Morgan fingerprint density at radius 3 is 2.04 bits per heavy atom. The molecule has 0 aliphatic heterocycles. The van der Waals surface area contributed by atoms with Crippen LogP contribution in [0, 0.1) is 0 Å². The van der Waals surface area contributed by atoms with Gasteiger partial charge in [0.1, 0.15) is 11.6 Å². The third-order valence-electron chi connectivity index (χ3n) is 3.74. The summed E-state index contributed by atoms with van der Waals surface area (Å²) < 4.78 is 10.7. The van der Waals surface area contributed by atoms with Crippen LogP contribution in [0.1, 0.15) is 31.9 Å². The van der Waals surface area contributed by atoms with Crippen LogP contribution < -0.4 is 5.32 Å². The zero-order chi connectivity index (χ0) is 19.7. The topological polar surface area (TPSA) is 64.6 Å². The number of rotatable bonds is 7. The standard InChI is InChI=1S/C22H27NO4/c1-22(2,3)27-21(25)23-19(16-18-12-8-5-9-13-18)20(24)26-15-14-17-10-6-4-7-11-17/h4-13,19H,14-16H2,1-3H3,(H,23,25)/t19-/m0/s1. The number of amides is 1. The van der Waals surface area contributed by atoms with Crippen LogP contribution >= 0.6 is 0 Å². The molecule has 144 valence electrons. The van der Waals surface area contributed by atoms with Crippen LogP contribution in [-0.4, -0.2) is 30.3 Å². The van der Waals surface area contributed by atoms with Crippen LogP contribution in [0.3, 0.4) is 0 Å². The van der Waals surface area contributed by atoms with Gasteiger partial charge in [-0.2, -0.15) is 0 Å². The van der Waals surface area contributed by atoms with Crippen molar-refractivity contribution in [1.29, 1.82) is 0 Å². The van der Waals surface area contributed by atoms with Crippen molar-refractivity contribution in [3.8, 4) is 0 Å². The van der Waals surface area contributed by atoms with E-state index in [1.54, 1.807) is 20.8 Å². The van der Waals surface area contributed by atoms with Crippen LogP contribution in [0.25, 0.3) is 0 Å². The van der Waals surface area contributed by atoms with Crippen molar-refractivity contribution >= 4 is 12.1 Å². The first-order valence-corrected chi connectivity index (χ1v) is 9.07. The molecule has 2 aromatic carbocycles. The van der Waals surface area contributed by atoms with Crippen molar-refractivity contribution in [1.82, 2.24) is 5.32 Å². The normalized spacial score (nSPS) is 12.1. The summed E-state index contributed by atoms with van der Waals surface area (Å²) in [6.45, 7) is 5.58. The zero-order valence-electron chi connectivity index (χ0n) is 16.1. The fourth-order valence-electron chi connectivity index (χ4n) is 2.51. The summed E-state index contributed by atoms with van der Waals surface area (Å²) in [5, 5.41) is 2.63. The molecule has 0 spiro atoms. The van der Waals surface area contributed by atoms with Crippen molar-refractivity contribution in [2.75, 3.05) is 6.61 Å². The average molecular weight is 369 g/mol. The number of esters is 1. The largest absolute Gasteiger partial charge is 0.464 e. The molecule has 0 unspecified atom stereocenters. The number of hydrogen-bond acceptors (Lipinski definition) is 4. The number of hydrogen-bond donors (Lipinski definition) is 1. The Hall–Kier alpha value is -2.82. The number of benzene rings is 2. The molecule has 2 aromatic rings. The smallest absolute Gasteiger partial charge is 0.408 e. The predicted molar refractivity (Wildman–Crippen MR) is 104 cm³/mol. The first-order valence-electron chi connectivity index (χ1n) is 9.07. The van der Waals surface area contributed by atoms with Gasteiger partial charge in [0.15, 0.2) is 0 Å². The molecule has 0 heterocycles. The van der Waals surface area contributed by atoms with Gasteiger partial charge in [0.2, 0.25) is 0 Å². The molecule has 5 nitrogen and oxygen atoms in total. The zero-order valence-corrected chi connectivity index (χ0v) is 16.1. The third-order valence-corrected chi connectivity index (χ3v) is 3.74. The number of carbonyl (C=O) groups is 2. The lowest BCUT2D eigenvalue weighted by atomic mass is 10.1. The van der Waals surface area contributed by atoms with Gasteiger partial charge in [0.25, 0.3) is 0 Å². The minimum Gasteiger partial charge on any atom is -0.464 e. The Morgan fingerprint density at radius 2 is 1.48 bits per heavy atom. The number of carbonyl (C=O) groups excluding carboxylic acids is 2. The highest BCUT2D eigenvalue weighted by Crippen LogP contribution is 2.10. The molecule has 0 bridgehead atoms. The predicted octanol–water partition coefficient (Wildman–Crippen LogP) is 3.91. The minimum absolute atomic E-state index is 0.254. The molecule has 0 aliphatic carbocycles. The van der Waals surface area contributed by atoms with E-state index >= 15 is 0 Å². The van der Waals surface area contributed by atoms with E-state index in [-0.39, 0.29) is 6.61 Å². The lowest BCUT2D eigenvalue weighted by Crippen LogP contribution is -2.45. The summed E-state index contributed by atoms with van der Waals surface area (Å²) in [6, 6.07) is 18.5. The molecule has 0 saturated heterocycles. The highest BCUT2D eigenvalue weighted by Gasteiger charge is 2.25.